The normalized spacial score (nSPS) is 14.0. The van der Waals surface area contributed by atoms with Gasteiger partial charge in [0.15, 0.2) is 0 Å². The maximum absolute atomic E-state index is 13.4. The van der Waals surface area contributed by atoms with E-state index in [1.165, 1.54) is 12.1 Å². The molecule has 3 N–H and O–H groups in total. The second-order valence-corrected chi connectivity index (χ2v) is 4.89. The van der Waals surface area contributed by atoms with Crippen LogP contribution in [0.2, 0.25) is 0 Å². The predicted molar refractivity (Wildman–Crippen MR) is 79.0 cm³/mol. The lowest BCUT2D eigenvalue weighted by Crippen LogP contribution is -2.21. The number of rotatable bonds is 5. The van der Waals surface area contributed by atoms with Crippen molar-refractivity contribution >= 4 is 0 Å². The van der Waals surface area contributed by atoms with E-state index < -0.39 is 6.10 Å². The second-order valence-electron chi connectivity index (χ2n) is 4.89. The minimum absolute atomic E-state index is 0.267. The molecule has 0 heterocycles. The van der Waals surface area contributed by atoms with E-state index in [-0.39, 0.29) is 18.3 Å². The molecule has 0 aromatic heterocycles. The van der Waals surface area contributed by atoms with Gasteiger partial charge < -0.3 is 10.8 Å². The quantitative estimate of drug-likeness (QED) is 0.879. The Labute approximate surface area is 119 Å². The molecule has 0 aliphatic heterocycles. The van der Waals surface area contributed by atoms with Gasteiger partial charge in [0, 0.05) is 12.5 Å². The molecule has 2 aromatic rings. The van der Waals surface area contributed by atoms with E-state index in [2.05, 4.69) is 0 Å². The van der Waals surface area contributed by atoms with Crippen molar-refractivity contribution in [3.8, 4) is 0 Å². The summed E-state index contributed by atoms with van der Waals surface area (Å²) in [6, 6.07) is 14.0. The third-order valence-corrected chi connectivity index (χ3v) is 3.67. The van der Waals surface area contributed by atoms with Crippen LogP contribution in [0, 0.1) is 5.82 Å². The number of nitrogens with two attached hydrogens (primary N) is 1. The highest BCUT2D eigenvalue weighted by Gasteiger charge is 2.23. The monoisotopic (exact) mass is 273 g/mol. The fraction of sp³-hybridized carbons (Fsp3) is 0.294. The van der Waals surface area contributed by atoms with Gasteiger partial charge in [-0.3, -0.25) is 0 Å². The molecule has 2 aromatic carbocycles. The fourth-order valence-corrected chi connectivity index (χ4v) is 2.55. The van der Waals surface area contributed by atoms with Crippen molar-refractivity contribution in [1.82, 2.24) is 0 Å². The van der Waals surface area contributed by atoms with Crippen LogP contribution < -0.4 is 5.73 Å². The number of aryl methyl sites for hydroxylation is 1. The van der Waals surface area contributed by atoms with Gasteiger partial charge in [-0.15, -0.1) is 0 Å². The Hall–Kier alpha value is -1.71. The molecule has 0 saturated heterocycles. The number of aliphatic hydroxyl groups is 1. The summed E-state index contributed by atoms with van der Waals surface area (Å²) >= 11 is 0. The molecule has 2 nitrogen and oxygen atoms in total. The Morgan fingerprint density at radius 1 is 1.15 bits per heavy atom. The van der Waals surface area contributed by atoms with Crippen molar-refractivity contribution in [2.75, 3.05) is 6.54 Å². The molecule has 0 aliphatic carbocycles. The summed E-state index contributed by atoms with van der Waals surface area (Å²) in [5, 5.41) is 10.6. The standard InChI is InChI=1S/C17H20FNO/c1-2-12-6-3-4-9-15(12)17(20)16(11-19)13-7-5-8-14(18)10-13/h3-10,16-17,20H,2,11,19H2,1H3. The number of hydrogen-bond donors (Lipinski definition) is 2. The molecule has 2 atom stereocenters. The average Bonchev–Trinajstić information content (AvgIpc) is 2.48. The first-order valence-electron chi connectivity index (χ1n) is 6.88. The van der Waals surface area contributed by atoms with Crippen LogP contribution >= 0.6 is 0 Å². The van der Waals surface area contributed by atoms with Crippen LogP contribution in [0.1, 0.15) is 35.6 Å². The van der Waals surface area contributed by atoms with Gasteiger partial charge in [0.2, 0.25) is 0 Å². The van der Waals surface area contributed by atoms with Crippen molar-refractivity contribution < 1.29 is 9.50 Å². The van der Waals surface area contributed by atoms with Gasteiger partial charge in [0.1, 0.15) is 5.82 Å². The van der Waals surface area contributed by atoms with E-state index in [9.17, 15) is 9.50 Å². The van der Waals surface area contributed by atoms with Gasteiger partial charge in [-0.25, -0.2) is 4.39 Å². The summed E-state index contributed by atoms with van der Waals surface area (Å²) in [6.45, 7) is 2.31. The minimum atomic E-state index is -0.724. The van der Waals surface area contributed by atoms with Crippen molar-refractivity contribution in [3.05, 3.63) is 71.0 Å². The molecule has 106 valence electrons. The van der Waals surface area contributed by atoms with Gasteiger partial charge in [-0.1, -0.05) is 43.3 Å². The van der Waals surface area contributed by atoms with Crippen LogP contribution in [0.3, 0.4) is 0 Å². The van der Waals surface area contributed by atoms with Crippen LogP contribution in [-0.4, -0.2) is 11.7 Å². The van der Waals surface area contributed by atoms with Crippen molar-refractivity contribution in [1.29, 1.82) is 0 Å². The van der Waals surface area contributed by atoms with E-state index in [0.717, 1.165) is 23.1 Å². The Morgan fingerprint density at radius 3 is 2.55 bits per heavy atom. The van der Waals surface area contributed by atoms with Crippen molar-refractivity contribution in [2.24, 2.45) is 5.73 Å². The number of hydrogen-bond acceptors (Lipinski definition) is 2. The van der Waals surface area contributed by atoms with E-state index in [1.807, 2.05) is 31.2 Å². The SMILES string of the molecule is CCc1ccccc1C(O)C(CN)c1cccc(F)c1. The van der Waals surface area contributed by atoms with Gasteiger partial charge in [0.25, 0.3) is 0 Å². The Kier molecular flexibility index (Phi) is 4.88. The first kappa shape index (κ1) is 14.7. The lowest BCUT2D eigenvalue weighted by Gasteiger charge is -2.24. The van der Waals surface area contributed by atoms with E-state index in [4.69, 9.17) is 5.73 Å². The lowest BCUT2D eigenvalue weighted by molar-refractivity contribution is 0.146. The molecule has 0 bridgehead atoms. The third kappa shape index (κ3) is 3.06. The van der Waals surface area contributed by atoms with Crippen LogP contribution in [0.15, 0.2) is 48.5 Å². The molecule has 3 heteroatoms. The van der Waals surface area contributed by atoms with E-state index in [1.54, 1.807) is 12.1 Å². The first-order chi connectivity index (χ1) is 9.67. The molecule has 0 fully saturated rings. The zero-order chi connectivity index (χ0) is 14.5. The summed E-state index contributed by atoms with van der Waals surface area (Å²) in [4.78, 5) is 0. The number of benzene rings is 2. The van der Waals surface area contributed by atoms with Crippen LogP contribution in [-0.2, 0) is 6.42 Å². The van der Waals surface area contributed by atoms with E-state index >= 15 is 0 Å². The van der Waals surface area contributed by atoms with Crippen LogP contribution in [0.4, 0.5) is 4.39 Å². The topological polar surface area (TPSA) is 46.2 Å². The van der Waals surface area contributed by atoms with Crippen molar-refractivity contribution in [2.45, 2.75) is 25.4 Å². The molecule has 0 spiro atoms. The highest BCUT2D eigenvalue weighted by Crippen LogP contribution is 2.32. The molecule has 0 radical (unpaired) electrons. The Bertz CT molecular complexity index is 570. The molecule has 20 heavy (non-hydrogen) atoms. The summed E-state index contributed by atoms with van der Waals surface area (Å²) in [5.41, 5.74) is 8.49. The first-order valence-corrected chi connectivity index (χ1v) is 6.88. The summed E-state index contributed by atoms with van der Waals surface area (Å²) in [7, 11) is 0. The Morgan fingerprint density at radius 2 is 1.90 bits per heavy atom. The maximum atomic E-state index is 13.4. The lowest BCUT2D eigenvalue weighted by atomic mass is 9.86. The highest BCUT2D eigenvalue weighted by atomic mass is 19.1. The van der Waals surface area contributed by atoms with Gasteiger partial charge in [-0.2, -0.15) is 0 Å². The molecular formula is C17H20FNO. The molecule has 2 unspecified atom stereocenters. The predicted octanol–water partition coefficient (Wildman–Crippen LogP) is 3.16. The summed E-state index contributed by atoms with van der Waals surface area (Å²) < 4.78 is 13.4. The molecular weight excluding hydrogens is 253 g/mol. The van der Waals surface area contributed by atoms with Gasteiger partial charge >= 0.3 is 0 Å². The third-order valence-electron chi connectivity index (χ3n) is 3.67. The molecule has 0 amide bonds. The number of aliphatic hydroxyl groups excluding tert-OH is 1. The van der Waals surface area contributed by atoms with Crippen molar-refractivity contribution in [3.63, 3.8) is 0 Å². The molecule has 0 saturated carbocycles. The zero-order valence-corrected chi connectivity index (χ0v) is 11.6. The highest BCUT2D eigenvalue weighted by molar-refractivity contribution is 5.33. The van der Waals surface area contributed by atoms with Gasteiger partial charge in [-0.05, 0) is 35.2 Å². The van der Waals surface area contributed by atoms with Crippen LogP contribution in [0.5, 0.6) is 0 Å². The zero-order valence-electron chi connectivity index (χ0n) is 11.6. The fourth-order valence-electron chi connectivity index (χ4n) is 2.55. The maximum Gasteiger partial charge on any atom is 0.123 e. The Balaban J connectivity index is 2.36. The average molecular weight is 273 g/mol. The second kappa shape index (κ2) is 6.64. The number of halogens is 1. The molecule has 0 aliphatic rings. The summed E-state index contributed by atoms with van der Waals surface area (Å²) in [5.74, 6) is -0.615. The molecule has 2 rings (SSSR count). The summed E-state index contributed by atoms with van der Waals surface area (Å²) in [6.07, 6.45) is 0.117. The minimum Gasteiger partial charge on any atom is -0.388 e. The largest absolute Gasteiger partial charge is 0.388 e. The van der Waals surface area contributed by atoms with E-state index in [0.29, 0.717) is 0 Å². The van der Waals surface area contributed by atoms with Gasteiger partial charge in [0.05, 0.1) is 6.10 Å². The smallest absolute Gasteiger partial charge is 0.123 e. The van der Waals surface area contributed by atoms with Crippen LogP contribution in [0.25, 0.3) is 0 Å².